The number of carboxylic acids is 4. The number of imidazole rings is 2. The number of hydrogen-bond donors (Lipinski definition) is 3. The van der Waals surface area contributed by atoms with Crippen LogP contribution in [0.4, 0.5) is 0 Å². The average molecular weight is 1290 g/mol. The van der Waals surface area contributed by atoms with Crippen molar-refractivity contribution in [2.75, 3.05) is 0 Å². The van der Waals surface area contributed by atoms with Gasteiger partial charge in [0.15, 0.2) is 0 Å². The minimum Gasteiger partial charge on any atom is -0.545 e. The standard InChI is InChI=1S/C14H8N4.2C12H8N2O4.2C12H12N2.2Ru/c1-2-6-10-9(5-1)15-13(16-10)14-17-11-7-3-4-8-12(11)18-14;2*15-11(16)7-1-3-13-9(5-7)10-6-8(12(17)18)2-4-14-10;2*1-9-3-5-13-11(7-9)12-8-10(2)4-6-14-12;;/h1-8H;2*1-6H,(H,15,16)(H,17,18);2*3-8H,1-2H3;;/q-2;;;;;2*+1/p-1. The molecule has 84 heavy (non-hydrogen) atoms. The van der Waals surface area contributed by atoms with Crippen LogP contribution in [0, 0.1) is 27.7 Å². The van der Waals surface area contributed by atoms with Crippen molar-refractivity contribution in [3.8, 4) is 57.2 Å². The van der Waals surface area contributed by atoms with Gasteiger partial charge in [-0.15, -0.1) is 0 Å². The summed E-state index contributed by atoms with van der Waals surface area (Å²) in [5.74, 6) is -3.39. The van der Waals surface area contributed by atoms with Crippen LogP contribution in [-0.2, 0) is 39.0 Å². The van der Waals surface area contributed by atoms with Crippen molar-refractivity contribution in [1.29, 1.82) is 0 Å². The molecule has 0 aliphatic rings. The SMILES string of the molecule is Cc1ccnc(-c2cc(C)ccn2)c1.Cc1ccnc(-c2cc(C)ccn2)c1.O=C(O)c1ccnc(-c2cc(C(=O)O)ccn2)c1.O=C([O-])c1ccnc(-c2cc(C(=O)O)ccn2)c1.[Ru+].[Ru+].c1ccc2[n-]c(-c3nc4ccccc4[n-]3)nc2c1. The number of benzene rings is 2. The molecular weight excluding hydrogens is 1240 g/mol. The van der Waals surface area contributed by atoms with Crippen LogP contribution in [0.2, 0.25) is 0 Å². The van der Waals surface area contributed by atoms with Crippen LogP contribution >= 0.6 is 0 Å². The fourth-order valence-electron chi connectivity index (χ4n) is 7.53. The fourth-order valence-corrected chi connectivity index (χ4v) is 7.53. The molecule has 0 bridgehead atoms. The second kappa shape index (κ2) is 30.0. The second-order valence-corrected chi connectivity index (χ2v) is 17.9. The number of carbonyl (C=O) groups excluding carboxylic acids is 1. The number of aromatic nitrogens is 12. The third-order valence-corrected chi connectivity index (χ3v) is 11.6. The van der Waals surface area contributed by atoms with Crippen molar-refractivity contribution < 1.29 is 78.6 Å². The molecule has 20 nitrogen and oxygen atoms in total. The van der Waals surface area contributed by atoms with E-state index in [4.69, 9.17) is 15.3 Å². The molecule has 0 saturated heterocycles. The minimum atomic E-state index is -1.33. The van der Waals surface area contributed by atoms with Crippen molar-refractivity contribution >= 4 is 45.9 Å². The number of aryl methyl sites for hydroxylation is 4. The summed E-state index contributed by atoms with van der Waals surface area (Å²) >= 11 is 0. The van der Waals surface area contributed by atoms with Crippen molar-refractivity contribution in [2.45, 2.75) is 27.7 Å². The summed E-state index contributed by atoms with van der Waals surface area (Å²) in [5, 5.41) is 37.3. The molecule has 10 aromatic heterocycles. The van der Waals surface area contributed by atoms with Crippen LogP contribution in [0.15, 0.2) is 195 Å². The molecule has 10 heterocycles. The average Bonchev–Trinajstić information content (AvgIpc) is 3.81. The number of pyridine rings is 8. The molecule has 22 heteroatoms. The van der Waals surface area contributed by atoms with Crippen molar-refractivity contribution in [2.24, 2.45) is 0 Å². The number of hydrogen-bond acceptors (Lipinski definition) is 15. The predicted octanol–water partition coefficient (Wildman–Crippen LogP) is 9.63. The van der Waals surface area contributed by atoms with E-state index < -0.39 is 23.9 Å². The smallest absolute Gasteiger partial charge is 0.545 e. The molecule has 420 valence electrons. The molecule has 0 aliphatic heterocycles. The third kappa shape index (κ3) is 17.4. The Hall–Kier alpha value is -10.3. The molecule has 2 radical (unpaired) electrons. The first kappa shape index (κ1) is 62.9. The van der Waals surface area contributed by atoms with Gasteiger partial charge in [-0.05, 0) is 169 Å². The Morgan fingerprint density at radius 3 is 0.833 bits per heavy atom. The van der Waals surface area contributed by atoms with Gasteiger partial charge >= 0.3 is 56.9 Å². The summed E-state index contributed by atoms with van der Waals surface area (Å²) in [5.41, 5.74) is 13.4. The molecule has 0 saturated carbocycles. The molecule has 0 atom stereocenters. The van der Waals surface area contributed by atoms with E-state index in [0.717, 1.165) is 44.8 Å². The number of rotatable bonds is 9. The van der Waals surface area contributed by atoms with E-state index in [9.17, 15) is 24.3 Å². The summed E-state index contributed by atoms with van der Waals surface area (Å²) in [6.07, 6.45) is 12.6. The van der Waals surface area contributed by atoms with Crippen molar-refractivity contribution in [1.82, 2.24) is 59.8 Å². The molecular formula is C62H47N12O8Ru2-. The zero-order valence-corrected chi connectivity index (χ0v) is 48.4. The van der Waals surface area contributed by atoms with Gasteiger partial charge in [0.05, 0.1) is 68.2 Å². The summed E-state index contributed by atoms with van der Waals surface area (Å²) in [6, 6.07) is 42.3. The number of para-hydroxylation sites is 4. The van der Waals surface area contributed by atoms with E-state index in [1.807, 2.05) is 122 Å². The summed E-state index contributed by atoms with van der Waals surface area (Å²) < 4.78 is 0. The van der Waals surface area contributed by atoms with Crippen LogP contribution in [-0.4, -0.2) is 89.0 Å². The Morgan fingerprint density at radius 2 is 0.583 bits per heavy atom. The fraction of sp³-hybridized carbons (Fsp3) is 0.0645. The van der Waals surface area contributed by atoms with Gasteiger partial charge in [-0.2, -0.15) is 0 Å². The third-order valence-electron chi connectivity index (χ3n) is 11.6. The van der Waals surface area contributed by atoms with Gasteiger partial charge in [-0.25, -0.2) is 14.4 Å². The van der Waals surface area contributed by atoms with E-state index in [-0.39, 0.29) is 72.6 Å². The first-order valence-corrected chi connectivity index (χ1v) is 24.8. The first-order valence-electron chi connectivity index (χ1n) is 24.8. The van der Waals surface area contributed by atoms with Crippen LogP contribution < -0.4 is 15.1 Å². The number of nitrogens with zero attached hydrogens (tertiary/aromatic N) is 12. The van der Waals surface area contributed by atoms with Gasteiger partial charge in [-0.1, -0.05) is 60.2 Å². The van der Waals surface area contributed by atoms with Gasteiger partial charge < -0.3 is 45.2 Å². The largest absolute Gasteiger partial charge is 1.00 e. The van der Waals surface area contributed by atoms with Crippen LogP contribution in [0.25, 0.3) is 79.3 Å². The molecule has 3 N–H and O–H groups in total. The topological polar surface area (TPSA) is 309 Å². The van der Waals surface area contributed by atoms with E-state index in [1.165, 1.54) is 95.6 Å². The summed E-state index contributed by atoms with van der Waals surface area (Å²) in [6.45, 7) is 8.23. The molecule has 12 aromatic rings. The maximum absolute atomic E-state index is 10.8. The maximum atomic E-state index is 10.8. The van der Waals surface area contributed by atoms with Crippen LogP contribution in [0.1, 0.15) is 63.7 Å². The zero-order valence-electron chi connectivity index (χ0n) is 44.9. The summed E-state index contributed by atoms with van der Waals surface area (Å²) in [4.78, 5) is 93.9. The first-order chi connectivity index (χ1) is 39.6. The molecule has 0 aliphatic carbocycles. The maximum Gasteiger partial charge on any atom is 1.00 e. The van der Waals surface area contributed by atoms with Gasteiger partial charge in [0.2, 0.25) is 0 Å². The Balaban J connectivity index is 0.000000168. The van der Waals surface area contributed by atoms with E-state index in [0.29, 0.717) is 23.0 Å². The van der Waals surface area contributed by atoms with Crippen molar-refractivity contribution in [3.63, 3.8) is 0 Å². The number of aromatic carboxylic acids is 4. The zero-order chi connectivity index (χ0) is 58.1. The van der Waals surface area contributed by atoms with E-state index >= 15 is 0 Å². The molecule has 2 aromatic carbocycles. The molecule has 0 fully saturated rings. The summed E-state index contributed by atoms with van der Waals surface area (Å²) in [7, 11) is 0. The second-order valence-electron chi connectivity index (χ2n) is 17.9. The predicted molar refractivity (Wildman–Crippen MR) is 303 cm³/mol. The number of carbonyl (C=O) groups is 4. The molecule has 0 unspecified atom stereocenters. The van der Waals surface area contributed by atoms with Gasteiger partial charge in [0, 0.05) is 55.1 Å². The van der Waals surface area contributed by atoms with Gasteiger partial charge in [0.1, 0.15) is 0 Å². The number of carboxylic acid groups (broad SMARTS) is 4. The minimum absolute atomic E-state index is 0. The molecule has 0 spiro atoms. The van der Waals surface area contributed by atoms with E-state index in [1.54, 1.807) is 0 Å². The Kier molecular flexibility index (Phi) is 22.4. The van der Waals surface area contributed by atoms with E-state index in [2.05, 4.69) is 87.5 Å². The van der Waals surface area contributed by atoms with Gasteiger partial charge in [0.25, 0.3) is 0 Å². The van der Waals surface area contributed by atoms with Crippen LogP contribution in [0.3, 0.4) is 0 Å². The van der Waals surface area contributed by atoms with Crippen LogP contribution in [0.5, 0.6) is 0 Å². The van der Waals surface area contributed by atoms with Crippen molar-refractivity contribution in [3.05, 3.63) is 240 Å². The number of fused-ring (bicyclic) bond motifs is 2. The Labute approximate surface area is 505 Å². The van der Waals surface area contributed by atoms with Gasteiger partial charge in [-0.3, -0.25) is 39.9 Å². The monoisotopic (exact) mass is 1290 g/mol. The Morgan fingerprint density at radius 1 is 0.345 bits per heavy atom. The Bertz CT molecular complexity index is 3720. The molecule has 12 rings (SSSR count). The quantitative estimate of drug-likeness (QED) is 0.113. The normalized spacial score (nSPS) is 10.1. The molecule has 0 amide bonds.